The highest BCUT2D eigenvalue weighted by atomic mass is 32.2. The molecule has 0 fully saturated rings. The average Bonchev–Trinajstić information content (AvgIpc) is 3.06. The summed E-state index contributed by atoms with van der Waals surface area (Å²) < 4.78 is 5.19. The number of nitrogens with one attached hydrogen (secondary N) is 1. The van der Waals surface area contributed by atoms with Crippen molar-refractivity contribution < 1.29 is 19.1 Å². The molecule has 1 aromatic rings. The summed E-state index contributed by atoms with van der Waals surface area (Å²) in [5.74, 6) is -0.591. The average molecular weight is 396 g/mol. The maximum atomic E-state index is 12.4. The predicted molar refractivity (Wildman–Crippen MR) is 103 cm³/mol. The Morgan fingerprint density at radius 1 is 1.42 bits per heavy atom. The lowest BCUT2D eigenvalue weighted by atomic mass is 9.88. The number of hydrogen-bond acceptors (Lipinski definition) is 7. The highest BCUT2D eigenvalue weighted by Crippen LogP contribution is 2.40. The van der Waals surface area contributed by atoms with E-state index in [4.69, 9.17) is 10.5 Å². The number of thioether (sulfide) groups is 1. The fourth-order valence-electron chi connectivity index (χ4n) is 3.14. The molecule has 3 N–H and O–H groups in total. The number of rotatable bonds is 5. The van der Waals surface area contributed by atoms with E-state index in [0.29, 0.717) is 16.5 Å². The number of amides is 2. The Balaban J connectivity index is 1.79. The third-order valence-electron chi connectivity index (χ3n) is 4.37. The Morgan fingerprint density at radius 2 is 2.19 bits per heavy atom. The van der Waals surface area contributed by atoms with Gasteiger partial charge in [0.2, 0.25) is 5.91 Å². The number of ether oxygens (including phenoxy) is 1. The number of anilines is 1. The molecular formula is C17H21N3O4S2. The summed E-state index contributed by atoms with van der Waals surface area (Å²) >= 11 is 2.52. The molecule has 0 spiro atoms. The van der Waals surface area contributed by atoms with Gasteiger partial charge in [0, 0.05) is 11.3 Å². The van der Waals surface area contributed by atoms with Crippen LogP contribution in [0.25, 0.3) is 0 Å². The summed E-state index contributed by atoms with van der Waals surface area (Å²) in [7, 11) is 0. The number of esters is 1. The molecule has 0 saturated carbocycles. The van der Waals surface area contributed by atoms with Crippen molar-refractivity contribution in [1.82, 2.24) is 0 Å². The smallest absolute Gasteiger partial charge is 0.341 e. The topological polar surface area (TPSA) is 111 Å². The van der Waals surface area contributed by atoms with E-state index in [9.17, 15) is 14.4 Å². The molecule has 7 nitrogen and oxygen atoms in total. The highest BCUT2D eigenvalue weighted by Gasteiger charge is 2.32. The van der Waals surface area contributed by atoms with Crippen molar-refractivity contribution in [3.05, 3.63) is 16.0 Å². The van der Waals surface area contributed by atoms with E-state index in [2.05, 4.69) is 17.2 Å². The minimum Gasteiger partial charge on any atom is -0.462 e. The Morgan fingerprint density at radius 3 is 2.85 bits per heavy atom. The summed E-state index contributed by atoms with van der Waals surface area (Å²) in [6.07, 6.45) is 2.67. The number of carbonyl (C=O) groups is 3. The van der Waals surface area contributed by atoms with Crippen LogP contribution < -0.4 is 11.1 Å². The SMILES string of the molecule is CCOC(=O)c1c(NC(=O)C[C@@H]2SC(N)=NC2=O)sc2c1CC[C@@H](C)C2. The molecule has 1 aromatic heterocycles. The number of fused-ring (bicyclic) bond motifs is 1. The number of nitrogens with zero attached hydrogens (tertiary/aromatic N) is 1. The van der Waals surface area contributed by atoms with Gasteiger partial charge in [-0.15, -0.1) is 11.3 Å². The second-order valence-corrected chi connectivity index (χ2v) is 8.75. The van der Waals surface area contributed by atoms with Crippen molar-refractivity contribution in [1.29, 1.82) is 0 Å². The Labute approximate surface area is 159 Å². The Bertz CT molecular complexity index is 787. The van der Waals surface area contributed by atoms with Gasteiger partial charge < -0.3 is 15.8 Å². The molecule has 26 heavy (non-hydrogen) atoms. The zero-order valence-electron chi connectivity index (χ0n) is 14.7. The first kappa shape index (κ1) is 18.9. The van der Waals surface area contributed by atoms with Crippen LogP contribution in [0.2, 0.25) is 0 Å². The molecule has 0 unspecified atom stereocenters. The first-order valence-electron chi connectivity index (χ1n) is 8.55. The summed E-state index contributed by atoms with van der Waals surface area (Å²) in [6.45, 7) is 4.21. The van der Waals surface area contributed by atoms with Crippen LogP contribution in [0.3, 0.4) is 0 Å². The van der Waals surface area contributed by atoms with Gasteiger partial charge in [0.1, 0.15) is 10.3 Å². The van der Waals surface area contributed by atoms with E-state index in [1.54, 1.807) is 6.92 Å². The minimum atomic E-state index is -0.601. The van der Waals surface area contributed by atoms with Crippen molar-refractivity contribution in [3.63, 3.8) is 0 Å². The first-order chi connectivity index (χ1) is 12.4. The number of amidine groups is 1. The molecule has 0 aromatic carbocycles. The van der Waals surface area contributed by atoms with E-state index in [-0.39, 0.29) is 24.1 Å². The quantitative estimate of drug-likeness (QED) is 0.740. The lowest BCUT2D eigenvalue weighted by Gasteiger charge is -2.18. The summed E-state index contributed by atoms with van der Waals surface area (Å²) in [4.78, 5) is 41.3. The normalized spacial score (nSPS) is 21.9. The van der Waals surface area contributed by atoms with Gasteiger partial charge in [-0.1, -0.05) is 18.7 Å². The van der Waals surface area contributed by atoms with Gasteiger partial charge in [0.05, 0.1) is 12.2 Å². The zero-order valence-corrected chi connectivity index (χ0v) is 16.3. The molecule has 1 aliphatic heterocycles. The van der Waals surface area contributed by atoms with Gasteiger partial charge in [0.15, 0.2) is 5.17 Å². The number of carbonyl (C=O) groups excluding carboxylic acids is 3. The molecule has 0 radical (unpaired) electrons. The van der Waals surface area contributed by atoms with Crippen molar-refractivity contribution in [3.8, 4) is 0 Å². The Hall–Kier alpha value is -1.87. The molecular weight excluding hydrogens is 374 g/mol. The largest absolute Gasteiger partial charge is 0.462 e. The maximum absolute atomic E-state index is 12.4. The molecule has 2 heterocycles. The second kappa shape index (κ2) is 7.79. The lowest BCUT2D eigenvalue weighted by Crippen LogP contribution is -2.22. The number of thiophene rings is 1. The van der Waals surface area contributed by atoms with E-state index < -0.39 is 17.1 Å². The summed E-state index contributed by atoms with van der Waals surface area (Å²) in [6, 6.07) is 0. The third-order valence-corrected chi connectivity index (χ3v) is 6.53. The molecule has 0 bridgehead atoms. The maximum Gasteiger partial charge on any atom is 0.341 e. The monoisotopic (exact) mass is 395 g/mol. The highest BCUT2D eigenvalue weighted by molar-refractivity contribution is 8.15. The minimum absolute atomic E-state index is 0.0328. The standard InChI is InChI=1S/C17H21N3O4S2/c1-3-24-16(23)13-9-5-4-8(2)6-10(9)25-15(13)19-12(21)7-11-14(22)20-17(18)26-11/h8,11H,3-7H2,1-2H3,(H,19,21)(H2,18,20,22)/t8-,11+/m1/s1. The van der Waals surface area contributed by atoms with Gasteiger partial charge >= 0.3 is 5.97 Å². The van der Waals surface area contributed by atoms with E-state index in [1.807, 2.05) is 0 Å². The van der Waals surface area contributed by atoms with Crippen LogP contribution in [0.1, 0.15) is 47.5 Å². The van der Waals surface area contributed by atoms with E-state index >= 15 is 0 Å². The van der Waals surface area contributed by atoms with Gasteiger partial charge in [-0.05, 0) is 37.7 Å². The van der Waals surface area contributed by atoms with Crippen molar-refractivity contribution in [2.75, 3.05) is 11.9 Å². The van der Waals surface area contributed by atoms with Crippen molar-refractivity contribution in [2.24, 2.45) is 16.6 Å². The van der Waals surface area contributed by atoms with Crippen molar-refractivity contribution in [2.45, 2.75) is 44.8 Å². The van der Waals surface area contributed by atoms with Gasteiger partial charge in [-0.2, -0.15) is 4.99 Å². The summed E-state index contributed by atoms with van der Waals surface area (Å²) in [5.41, 5.74) is 6.97. The van der Waals surface area contributed by atoms with Crippen LogP contribution in [0.4, 0.5) is 5.00 Å². The van der Waals surface area contributed by atoms with Crippen LogP contribution in [0.5, 0.6) is 0 Å². The predicted octanol–water partition coefficient (Wildman–Crippen LogP) is 2.33. The summed E-state index contributed by atoms with van der Waals surface area (Å²) in [5, 5.41) is 2.90. The van der Waals surface area contributed by atoms with E-state index in [1.165, 1.54) is 11.3 Å². The van der Waals surface area contributed by atoms with Crippen LogP contribution in [0, 0.1) is 5.92 Å². The first-order valence-corrected chi connectivity index (χ1v) is 10.2. The number of hydrogen-bond donors (Lipinski definition) is 2. The molecule has 9 heteroatoms. The molecule has 2 amide bonds. The fourth-order valence-corrected chi connectivity index (χ4v) is 5.37. The van der Waals surface area contributed by atoms with Gasteiger partial charge in [-0.3, -0.25) is 9.59 Å². The second-order valence-electron chi connectivity index (χ2n) is 6.42. The van der Waals surface area contributed by atoms with Crippen LogP contribution in [-0.2, 0) is 27.2 Å². The van der Waals surface area contributed by atoms with Gasteiger partial charge in [-0.25, -0.2) is 4.79 Å². The molecule has 140 valence electrons. The fraction of sp³-hybridized carbons (Fsp3) is 0.529. The lowest BCUT2D eigenvalue weighted by molar-refractivity contribution is -0.121. The molecule has 0 saturated heterocycles. The van der Waals surface area contributed by atoms with Gasteiger partial charge in [0.25, 0.3) is 5.91 Å². The van der Waals surface area contributed by atoms with Crippen LogP contribution in [-0.4, -0.2) is 34.8 Å². The Kier molecular flexibility index (Phi) is 5.67. The zero-order chi connectivity index (χ0) is 18.8. The molecule has 2 atom stereocenters. The third kappa shape index (κ3) is 3.93. The van der Waals surface area contributed by atoms with Crippen LogP contribution >= 0.6 is 23.1 Å². The molecule has 2 aliphatic rings. The molecule has 3 rings (SSSR count). The molecule has 1 aliphatic carbocycles. The number of nitrogens with two attached hydrogens (primary N) is 1. The van der Waals surface area contributed by atoms with Crippen molar-refractivity contribution >= 4 is 51.1 Å². The van der Waals surface area contributed by atoms with E-state index in [0.717, 1.165) is 41.5 Å². The number of aliphatic imine (C=N–C) groups is 1. The van der Waals surface area contributed by atoms with Crippen LogP contribution in [0.15, 0.2) is 4.99 Å².